The molecule has 0 aromatic heterocycles. The van der Waals surface area contributed by atoms with Gasteiger partial charge in [-0.25, -0.2) is 31.1 Å². The SMILES string of the molecule is Cc1ccc(NC(=O)CCCNS(=O)(=O)c2ccc(F)cc2)cc1S(N)(=O)=O. The first-order valence-corrected chi connectivity index (χ1v) is 11.2. The van der Waals surface area contributed by atoms with Crippen LogP contribution in [0.3, 0.4) is 0 Å². The summed E-state index contributed by atoms with van der Waals surface area (Å²) in [6.45, 7) is 1.59. The molecule has 0 radical (unpaired) electrons. The van der Waals surface area contributed by atoms with Crippen LogP contribution in [0.5, 0.6) is 0 Å². The summed E-state index contributed by atoms with van der Waals surface area (Å²) >= 11 is 0. The second-order valence-corrected chi connectivity index (χ2v) is 9.33. The van der Waals surface area contributed by atoms with Gasteiger partial charge < -0.3 is 5.32 Å². The molecule has 0 bridgehead atoms. The van der Waals surface area contributed by atoms with E-state index in [0.717, 1.165) is 24.3 Å². The van der Waals surface area contributed by atoms with Gasteiger partial charge in [0.1, 0.15) is 5.82 Å². The van der Waals surface area contributed by atoms with Gasteiger partial charge in [0.15, 0.2) is 0 Å². The van der Waals surface area contributed by atoms with Gasteiger partial charge in [-0.3, -0.25) is 4.79 Å². The minimum atomic E-state index is -3.91. The van der Waals surface area contributed by atoms with E-state index in [1.54, 1.807) is 13.0 Å². The van der Waals surface area contributed by atoms with Crippen LogP contribution in [0.25, 0.3) is 0 Å². The molecule has 8 nitrogen and oxygen atoms in total. The van der Waals surface area contributed by atoms with Crippen molar-refractivity contribution >= 4 is 31.6 Å². The predicted molar refractivity (Wildman–Crippen MR) is 102 cm³/mol. The monoisotopic (exact) mass is 429 g/mol. The van der Waals surface area contributed by atoms with Crippen molar-refractivity contribution in [2.24, 2.45) is 5.14 Å². The number of anilines is 1. The van der Waals surface area contributed by atoms with Crippen LogP contribution >= 0.6 is 0 Å². The third-order valence-corrected chi connectivity index (χ3v) is 6.30. The smallest absolute Gasteiger partial charge is 0.240 e. The molecule has 4 N–H and O–H groups in total. The van der Waals surface area contributed by atoms with E-state index in [1.807, 2.05) is 0 Å². The Bertz CT molecular complexity index is 1070. The van der Waals surface area contributed by atoms with Gasteiger partial charge >= 0.3 is 0 Å². The molecule has 0 fully saturated rings. The number of nitrogens with one attached hydrogen (secondary N) is 2. The highest BCUT2D eigenvalue weighted by atomic mass is 32.2. The van der Waals surface area contributed by atoms with Crippen LogP contribution < -0.4 is 15.2 Å². The number of sulfonamides is 2. The molecular weight excluding hydrogens is 409 g/mol. The largest absolute Gasteiger partial charge is 0.326 e. The number of carbonyl (C=O) groups excluding carboxylic acids is 1. The maximum Gasteiger partial charge on any atom is 0.240 e. The fourth-order valence-electron chi connectivity index (χ4n) is 2.36. The lowest BCUT2D eigenvalue weighted by Crippen LogP contribution is -2.25. The summed E-state index contributed by atoms with van der Waals surface area (Å²) in [7, 11) is -7.70. The lowest BCUT2D eigenvalue weighted by molar-refractivity contribution is -0.116. The second-order valence-electron chi connectivity index (χ2n) is 6.03. The molecule has 0 saturated heterocycles. The van der Waals surface area contributed by atoms with Crippen molar-refractivity contribution in [1.29, 1.82) is 0 Å². The van der Waals surface area contributed by atoms with Crippen LogP contribution in [0.15, 0.2) is 52.3 Å². The fourth-order valence-corrected chi connectivity index (χ4v) is 4.24. The number of hydrogen-bond acceptors (Lipinski definition) is 5. The summed E-state index contributed by atoms with van der Waals surface area (Å²) in [6, 6.07) is 8.69. The molecular formula is C17H20FN3O5S2. The van der Waals surface area contributed by atoms with Gasteiger partial charge in [-0.1, -0.05) is 6.07 Å². The number of primary sulfonamides is 1. The van der Waals surface area contributed by atoms with Crippen molar-refractivity contribution in [1.82, 2.24) is 4.72 Å². The summed E-state index contributed by atoms with van der Waals surface area (Å²) in [5, 5.41) is 7.67. The molecule has 0 saturated carbocycles. The number of carbonyl (C=O) groups is 1. The van der Waals surface area contributed by atoms with Crippen LogP contribution in [0, 0.1) is 12.7 Å². The van der Waals surface area contributed by atoms with Crippen molar-refractivity contribution in [2.75, 3.05) is 11.9 Å². The zero-order valence-electron chi connectivity index (χ0n) is 15.0. The van der Waals surface area contributed by atoms with Crippen LogP contribution in [0.1, 0.15) is 18.4 Å². The van der Waals surface area contributed by atoms with E-state index in [0.29, 0.717) is 5.56 Å². The first kappa shape index (κ1) is 22.0. The third-order valence-electron chi connectivity index (χ3n) is 3.78. The number of nitrogens with two attached hydrogens (primary N) is 1. The van der Waals surface area contributed by atoms with Gasteiger partial charge in [-0.05, 0) is 55.3 Å². The van der Waals surface area contributed by atoms with E-state index in [9.17, 15) is 26.0 Å². The lowest BCUT2D eigenvalue weighted by Gasteiger charge is -2.09. The Morgan fingerprint density at radius 3 is 2.32 bits per heavy atom. The minimum absolute atomic E-state index is 0.00343. The minimum Gasteiger partial charge on any atom is -0.326 e. The summed E-state index contributed by atoms with van der Waals surface area (Å²) in [5.74, 6) is -0.956. The summed E-state index contributed by atoms with van der Waals surface area (Å²) in [5.41, 5.74) is 0.724. The zero-order chi connectivity index (χ0) is 20.9. The third kappa shape index (κ3) is 6.09. The average molecular weight is 429 g/mol. The molecule has 0 aliphatic rings. The van der Waals surface area contributed by atoms with Crippen molar-refractivity contribution in [3.63, 3.8) is 0 Å². The van der Waals surface area contributed by atoms with Gasteiger partial charge in [0.05, 0.1) is 9.79 Å². The normalized spacial score (nSPS) is 12.0. The number of hydrogen-bond donors (Lipinski definition) is 3. The highest BCUT2D eigenvalue weighted by molar-refractivity contribution is 7.89. The lowest BCUT2D eigenvalue weighted by atomic mass is 10.2. The van der Waals surface area contributed by atoms with E-state index < -0.39 is 31.8 Å². The van der Waals surface area contributed by atoms with Crippen LogP contribution in [0.2, 0.25) is 0 Å². The van der Waals surface area contributed by atoms with Gasteiger partial charge in [-0.15, -0.1) is 0 Å². The van der Waals surface area contributed by atoms with Crippen LogP contribution in [-0.4, -0.2) is 29.3 Å². The molecule has 0 heterocycles. The second kappa shape index (κ2) is 8.78. The zero-order valence-corrected chi connectivity index (χ0v) is 16.6. The van der Waals surface area contributed by atoms with Crippen LogP contribution in [-0.2, 0) is 24.8 Å². The quantitative estimate of drug-likeness (QED) is 0.546. The molecule has 11 heteroatoms. The van der Waals surface area contributed by atoms with E-state index in [2.05, 4.69) is 10.0 Å². The Morgan fingerprint density at radius 1 is 1.07 bits per heavy atom. The molecule has 152 valence electrons. The van der Waals surface area contributed by atoms with E-state index >= 15 is 0 Å². The highest BCUT2D eigenvalue weighted by Crippen LogP contribution is 2.19. The summed E-state index contributed by atoms with van der Waals surface area (Å²) < 4.78 is 62.3. The topological polar surface area (TPSA) is 135 Å². The van der Waals surface area contributed by atoms with Gasteiger partial charge in [0.25, 0.3) is 0 Å². The Morgan fingerprint density at radius 2 is 1.71 bits per heavy atom. The Kier molecular flexibility index (Phi) is 6.88. The number of aryl methyl sites for hydroxylation is 1. The molecule has 2 aromatic carbocycles. The molecule has 28 heavy (non-hydrogen) atoms. The van der Waals surface area contributed by atoms with Crippen molar-refractivity contribution in [2.45, 2.75) is 29.6 Å². The van der Waals surface area contributed by atoms with E-state index in [1.165, 1.54) is 12.1 Å². The van der Waals surface area contributed by atoms with Gasteiger partial charge in [0.2, 0.25) is 26.0 Å². The highest BCUT2D eigenvalue weighted by Gasteiger charge is 2.15. The Labute approximate surface area is 163 Å². The molecule has 0 aliphatic carbocycles. The number of rotatable bonds is 8. The number of amides is 1. The molecule has 0 atom stereocenters. The Hall–Kier alpha value is -2.34. The maximum absolute atomic E-state index is 12.9. The fraction of sp³-hybridized carbons (Fsp3) is 0.235. The first-order valence-electron chi connectivity index (χ1n) is 8.17. The number of benzene rings is 2. The summed E-state index contributed by atoms with van der Waals surface area (Å²) in [4.78, 5) is 11.8. The predicted octanol–water partition coefficient (Wildman–Crippen LogP) is 1.48. The standard InChI is InChI=1S/C17H20FN3O5S2/c1-12-4-7-14(11-16(12)27(19,23)24)21-17(22)3-2-10-20-28(25,26)15-8-5-13(18)6-9-15/h4-9,11,20H,2-3,10H2,1H3,(H,21,22)(H2,19,23,24). The van der Waals surface area contributed by atoms with Crippen molar-refractivity contribution in [3.05, 3.63) is 53.8 Å². The van der Waals surface area contributed by atoms with Gasteiger partial charge in [-0.2, -0.15) is 0 Å². The maximum atomic E-state index is 12.9. The molecule has 2 rings (SSSR count). The summed E-state index contributed by atoms with van der Waals surface area (Å²) in [6.07, 6.45) is 0.213. The van der Waals surface area contributed by atoms with E-state index in [4.69, 9.17) is 5.14 Å². The Balaban J connectivity index is 1.87. The molecule has 0 unspecified atom stereocenters. The molecule has 2 aromatic rings. The average Bonchev–Trinajstić information content (AvgIpc) is 2.60. The van der Waals surface area contributed by atoms with E-state index in [-0.39, 0.29) is 34.9 Å². The van der Waals surface area contributed by atoms with Crippen molar-refractivity contribution < 1.29 is 26.0 Å². The van der Waals surface area contributed by atoms with Crippen LogP contribution in [0.4, 0.5) is 10.1 Å². The molecule has 1 amide bonds. The van der Waals surface area contributed by atoms with Crippen molar-refractivity contribution in [3.8, 4) is 0 Å². The molecule has 0 aliphatic heterocycles. The molecule has 0 spiro atoms. The number of halogens is 1. The first-order chi connectivity index (χ1) is 13.0. The van der Waals surface area contributed by atoms with Gasteiger partial charge in [0, 0.05) is 18.7 Å².